The molecule has 0 saturated carbocycles. The van der Waals surface area contributed by atoms with Gasteiger partial charge in [-0.15, -0.1) is 0 Å². The first-order valence-corrected chi connectivity index (χ1v) is 4.15. The predicted octanol–water partition coefficient (Wildman–Crippen LogP) is 2.65. The Labute approximate surface area is 73.0 Å². The zero-order valence-electron chi connectivity index (χ0n) is 7.43. The van der Waals surface area contributed by atoms with Gasteiger partial charge in [-0.2, -0.15) is 0 Å². The molecule has 0 spiro atoms. The van der Waals surface area contributed by atoms with Crippen LogP contribution >= 0.6 is 0 Å². The van der Waals surface area contributed by atoms with Crippen LogP contribution in [0.25, 0.3) is 12.2 Å². The highest BCUT2D eigenvalue weighted by molar-refractivity contribution is 5.57. The van der Waals surface area contributed by atoms with Crippen molar-refractivity contribution in [3.8, 4) is 0 Å². The van der Waals surface area contributed by atoms with Crippen LogP contribution in [0.1, 0.15) is 30.6 Å². The van der Waals surface area contributed by atoms with E-state index < -0.39 is 0 Å². The molecule has 1 aromatic heterocycles. The van der Waals surface area contributed by atoms with Crippen LogP contribution in [0.3, 0.4) is 0 Å². The molecule has 1 aromatic rings. The molecule has 12 heavy (non-hydrogen) atoms. The van der Waals surface area contributed by atoms with Gasteiger partial charge in [0.15, 0.2) is 0 Å². The summed E-state index contributed by atoms with van der Waals surface area (Å²) < 4.78 is 0. The van der Waals surface area contributed by atoms with Gasteiger partial charge in [-0.25, -0.2) is 4.98 Å². The Morgan fingerprint density at radius 3 is 2.58 bits per heavy atom. The van der Waals surface area contributed by atoms with E-state index in [1.165, 1.54) is 0 Å². The van der Waals surface area contributed by atoms with Crippen molar-refractivity contribution < 1.29 is 0 Å². The van der Waals surface area contributed by atoms with Crippen LogP contribution in [0, 0.1) is 0 Å². The first-order valence-electron chi connectivity index (χ1n) is 4.15. The molecule has 0 amide bonds. The lowest BCUT2D eigenvalue weighted by atomic mass is 10.3. The average molecular weight is 162 g/mol. The minimum absolute atomic E-state index is 0.897. The Morgan fingerprint density at radius 1 is 1.42 bits per heavy atom. The van der Waals surface area contributed by atoms with E-state index in [1.54, 1.807) is 12.2 Å². The predicted molar refractivity (Wildman–Crippen MR) is 52.8 cm³/mol. The van der Waals surface area contributed by atoms with E-state index in [0.29, 0.717) is 0 Å². The summed E-state index contributed by atoms with van der Waals surface area (Å²) in [6.07, 6.45) is 5.59. The van der Waals surface area contributed by atoms with Crippen molar-refractivity contribution in [1.82, 2.24) is 9.97 Å². The monoisotopic (exact) mass is 162 g/mol. The second kappa shape index (κ2) is 3.90. The van der Waals surface area contributed by atoms with Gasteiger partial charge < -0.3 is 4.98 Å². The van der Waals surface area contributed by atoms with Gasteiger partial charge in [0, 0.05) is 6.42 Å². The Balaban J connectivity index is 2.96. The third-order valence-corrected chi connectivity index (χ3v) is 1.69. The molecule has 0 aliphatic rings. The first kappa shape index (κ1) is 8.78. The van der Waals surface area contributed by atoms with Crippen LogP contribution in [0.2, 0.25) is 0 Å². The van der Waals surface area contributed by atoms with Gasteiger partial charge in [0.25, 0.3) is 0 Å². The zero-order valence-corrected chi connectivity index (χ0v) is 7.43. The van der Waals surface area contributed by atoms with Gasteiger partial charge in [0.2, 0.25) is 0 Å². The molecule has 0 aliphatic heterocycles. The molecule has 0 saturated heterocycles. The maximum atomic E-state index is 4.34. The van der Waals surface area contributed by atoms with Crippen molar-refractivity contribution in [2.24, 2.45) is 0 Å². The van der Waals surface area contributed by atoms with Crippen molar-refractivity contribution in [2.75, 3.05) is 0 Å². The summed E-state index contributed by atoms with van der Waals surface area (Å²) in [5, 5.41) is 0. The average Bonchev–Trinajstić information content (AvgIpc) is 2.48. The fraction of sp³-hybridized carbons (Fsp3) is 0.300. The quantitative estimate of drug-likeness (QED) is 0.724. The lowest BCUT2D eigenvalue weighted by molar-refractivity contribution is 0.855. The second-order valence-corrected chi connectivity index (χ2v) is 2.64. The Bertz CT molecular complexity index is 259. The van der Waals surface area contributed by atoms with Gasteiger partial charge >= 0.3 is 0 Å². The Kier molecular flexibility index (Phi) is 2.86. The third kappa shape index (κ3) is 1.64. The molecule has 2 heteroatoms. The fourth-order valence-corrected chi connectivity index (χ4v) is 1.12. The smallest absolute Gasteiger partial charge is 0.107 e. The van der Waals surface area contributed by atoms with Crippen LogP contribution in [0.4, 0.5) is 0 Å². The van der Waals surface area contributed by atoms with Gasteiger partial charge in [0.05, 0.1) is 11.4 Å². The second-order valence-electron chi connectivity index (χ2n) is 2.64. The van der Waals surface area contributed by atoms with Crippen LogP contribution in [-0.2, 0) is 6.42 Å². The van der Waals surface area contributed by atoms with Crippen LogP contribution in [0.15, 0.2) is 13.2 Å². The number of aromatic nitrogens is 2. The molecule has 0 aromatic carbocycles. The molecular weight excluding hydrogens is 148 g/mol. The van der Waals surface area contributed by atoms with E-state index in [0.717, 1.165) is 30.1 Å². The molecular formula is C10H14N2. The van der Waals surface area contributed by atoms with Gasteiger partial charge in [-0.1, -0.05) is 20.1 Å². The molecule has 1 rings (SSSR count). The number of aryl methyl sites for hydroxylation is 1. The normalized spacial score (nSPS) is 9.75. The van der Waals surface area contributed by atoms with E-state index in [4.69, 9.17) is 0 Å². The summed E-state index contributed by atoms with van der Waals surface area (Å²) >= 11 is 0. The molecule has 1 heterocycles. The van der Waals surface area contributed by atoms with E-state index in [9.17, 15) is 0 Å². The Morgan fingerprint density at radius 2 is 2.17 bits per heavy atom. The minimum atomic E-state index is 0.897. The lowest BCUT2D eigenvalue weighted by Gasteiger charge is -1.87. The van der Waals surface area contributed by atoms with E-state index in [1.807, 2.05) is 0 Å². The summed E-state index contributed by atoms with van der Waals surface area (Å²) in [5.41, 5.74) is 1.86. The fourth-order valence-electron chi connectivity index (χ4n) is 1.12. The summed E-state index contributed by atoms with van der Waals surface area (Å²) in [5.74, 6) is 1.02. The molecule has 0 fully saturated rings. The molecule has 1 N–H and O–H groups in total. The highest BCUT2D eigenvalue weighted by atomic mass is 14.9. The summed E-state index contributed by atoms with van der Waals surface area (Å²) in [7, 11) is 0. The van der Waals surface area contributed by atoms with E-state index >= 15 is 0 Å². The topological polar surface area (TPSA) is 28.7 Å². The molecule has 0 aliphatic carbocycles. The minimum Gasteiger partial charge on any atom is -0.342 e. The highest BCUT2D eigenvalue weighted by Crippen LogP contribution is 2.09. The number of nitrogens with one attached hydrogen (secondary N) is 1. The van der Waals surface area contributed by atoms with Gasteiger partial charge in [0.1, 0.15) is 5.82 Å². The number of hydrogen-bond acceptors (Lipinski definition) is 1. The van der Waals surface area contributed by atoms with Crippen LogP contribution < -0.4 is 0 Å². The molecule has 64 valence electrons. The van der Waals surface area contributed by atoms with Crippen molar-refractivity contribution in [3.05, 3.63) is 30.4 Å². The Hall–Kier alpha value is -1.31. The highest BCUT2D eigenvalue weighted by Gasteiger charge is 2.02. The molecule has 0 atom stereocenters. The van der Waals surface area contributed by atoms with E-state index in [-0.39, 0.29) is 0 Å². The number of aromatic amines is 1. The third-order valence-electron chi connectivity index (χ3n) is 1.69. The molecule has 0 unspecified atom stereocenters. The summed E-state index contributed by atoms with van der Waals surface area (Å²) in [6, 6.07) is 0. The van der Waals surface area contributed by atoms with Gasteiger partial charge in [-0.05, 0) is 18.6 Å². The molecule has 2 nitrogen and oxygen atoms in total. The molecule has 0 bridgehead atoms. The van der Waals surface area contributed by atoms with Crippen molar-refractivity contribution >= 4 is 12.2 Å². The number of imidazole rings is 1. The van der Waals surface area contributed by atoms with E-state index in [2.05, 4.69) is 30.0 Å². The van der Waals surface area contributed by atoms with Crippen molar-refractivity contribution in [1.29, 1.82) is 0 Å². The number of hydrogen-bond donors (Lipinski definition) is 1. The van der Waals surface area contributed by atoms with Crippen molar-refractivity contribution in [2.45, 2.75) is 19.8 Å². The van der Waals surface area contributed by atoms with Crippen molar-refractivity contribution in [3.63, 3.8) is 0 Å². The largest absolute Gasteiger partial charge is 0.342 e. The summed E-state index contributed by atoms with van der Waals surface area (Å²) in [6.45, 7) is 9.51. The standard InChI is InChI=1S/C10H14N2/c1-4-7-10-11-8(5-2)9(6-3)12-10/h5-6H,2-4,7H2,1H3,(H,11,12). The SMILES string of the molecule is C=Cc1nc(CCC)[nH]c1C=C. The maximum absolute atomic E-state index is 4.34. The summed E-state index contributed by atoms with van der Waals surface area (Å²) in [4.78, 5) is 7.53. The first-order chi connectivity index (χ1) is 5.81. The maximum Gasteiger partial charge on any atom is 0.107 e. The number of nitrogens with zero attached hydrogens (tertiary/aromatic N) is 1. The van der Waals surface area contributed by atoms with Gasteiger partial charge in [-0.3, -0.25) is 0 Å². The number of rotatable bonds is 4. The van der Waals surface area contributed by atoms with Crippen LogP contribution in [0.5, 0.6) is 0 Å². The van der Waals surface area contributed by atoms with Crippen LogP contribution in [-0.4, -0.2) is 9.97 Å². The molecule has 0 radical (unpaired) electrons. The zero-order chi connectivity index (χ0) is 8.97. The lowest BCUT2D eigenvalue weighted by Crippen LogP contribution is -1.84. The number of H-pyrrole nitrogens is 1.